The van der Waals surface area contributed by atoms with Crippen LogP contribution in [0.4, 0.5) is 5.69 Å². The number of hydrogen-bond donors (Lipinski definition) is 2. The minimum absolute atomic E-state index is 0.105. The zero-order valence-electron chi connectivity index (χ0n) is 13.2. The lowest BCUT2D eigenvalue weighted by Crippen LogP contribution is -2.09. The molecule has 25 heavy (non-hydrogen) atoms. The highest BCUT2D eigenvalue weighted by Gasteiger charge is 2.12. The van der Waals surface area contributed by atoms with Gasteiger partial charge in [-0.3, -0.25) is 0 Å². The predicted molar refractivity (Wildman–Crippen MR) is 100.0 cm³/mol. The summed E-state index contributed by atoms with van der Waals surface area (Å²) < 4.78 is 7.08. The van der Waals surface area contributed by atoms with Gasteiger partial charge in [0.05, 0.1) is 5.56 Å². The summed E-state index contributed by atoms with van der Waals surface area (Å²) in [5.41, 5.74) is 1.50. The molecule has 0 saturated heterocycles. The van der Waals surface area contributed by atoms with Gasteiger partial charge in [-0.1, -0.05) is 48.5 Å². The zero-order chi connectivity index (χ0) is 17.2. The molecule has 1 heterocycles. The molecule has 0 atom stereocenters. The zero-order valence-corrected chi connectivity index (χ0v) is 14.0. The predicted octanol–water partition coefficient (Wildman–Crippen LogP) is 4.80. The quantitative estimate of drug-likeness (QED) is 0.518. The molecule has 1 aromatic heterocycles. The number of aromatic nitrogens is 2. The van der Waals surface area contributed by atoms with Crippen LogP contribution in [0.15, 0.2) is 71.1 Å². The van der Waals surface area contributed by atoms with Crippen LogP contribution in [-0.4, -0.2) is 14.9 Å². The summed E-state index contributed by atoms with van der Waals surface area (Å²) in [6, 6.07) is 21.1. The smallest absolute Gasteiger partial charge is 0.289 e. The number of benzene rings is 3. The Morgan fingerprint density at radius 1 is 1.00 bits per heavy atom. The molecular weight excluding hydrogens is 334 g/mol. The van der Waals surface area contributed by atoms with Crippen molar-refractivity contribution in [1.82, 2.24) is 9.78 Å². The Kier molecular flexibility index (Phi) is 3.95. The largest absolute Gasteiger partial charge is 0.507 e. The molecule has 6 heteroatoms. The molecular formula is C19H15N3O2S. The molecule has 0 aliphatic rings. The van der Waals surface area contributed by atoms with E-state index in [1.807, 2.05) is 24.3 Å². The second-order valence-electron chi connectivity index (χ2n) is 5.55. The van der Waals surface area contributed by atoms with Gasteiger partial charge in [0.15, 0.2) is 0 Å². The van der Waals surface area contributed by atoms with Crippen LogP contribution in [0.3, 0.4) is 0 Å². The Morgan fingerprint density at radius 2 is 1.76 bits per heavy atom. The lowest BCUT2D eigenvalue weighted by Gasteiger charge is -2.09. The van der Waals surface area contributed by atoms with Crippen molar-refractivity contribution < 1.29 is 9.52 Å². The van der Waals surface area contributed by atoms with Crippen LogP contribution in [0, 0.1) is 4.84 Å². The molecule has 2 N–H and O–H groups in total. The van der Waals surface area contributed by atoms with Gasteiger partial charge in [0.2, 0.25) is 0 Å². The summed E-state index contributed by atoms with van der Waals surface area (Å²) in [7, 11) is 0. The van der Waals surface area contributed by atoms with Crippen molar-refractivity contribution in [2.24, 2.45) is 0 Å². The van der Waals surface area contributed by atoms with Crippen LogP contribution < -0.4 is 5.32 Å². The van der Waals surface area contributed by atoms with Crippen LogP contribution in [0.5, 0.6) is 5.75 Å². The van der Waals surface area contributed by atoms with Crippen molar-refractivity contribution in [3.05, 3.63) is 71.6 Å². The number of nitrogens with zero attached hydrogens (tertiary/aromatic N) is 2. The van der Waals surface area contributed by atoms with E-state index < -0.39 is 0 Å². The van der Waals surface area contributed by atoms with E-state index in [1.54, 1.807) is 28.9 Å². The third-order valence-electron chi connectivity index (χ3n) is 3.95. The van der Waals surface area contributed by atoms with Crippen molar-refractivity contribution in [3.63, 3.8) is 0 Å². The second kappa shape index (κ2) is 6.41. The summed E-state index contributed by atoms with van der Waals surface area (Å²) in [6.07, 6.45) is 0. The Labute approximate surface area is 149 Å². The first-order valence-electron chi connectivity index (χ1n) is 7.80. The van der Waals surface area contributed by atoms with Crippen molar-refractivity contribution in [1.29, 1.82) is 0 Å². The van der Waals surface area contributed by atoms with Gasteiger partial charge in [-0.25, -0.2) is 4.68 Å². The summed E-state index contributed by atoms with van der Waals surface area (Å²) in [5.74, 6) is 0.399. The molecule has 0 aliphatic carbocycles. The molecule has 0 aliphatic heterocycles. The number of fused-ring (bicyclic) bond motifs is 1. The molecule has 0 amide bonds. The van der Waals surface area contributed by atoms with Gasteiger partial charge in [-0.15, -0.1) is 5.10 Å². The van der Waals surface area contributed by atoms with Gasteiger partial charge in [-0.05, 0) is 35.8 Å². The topological polar surface area (TPSA) is 63.2 Å². The SMILES string of the molecule is Oc1ccccc1-c1nn(CNc2cccc3ccccc23)c(=S)o1. The van der Waals surface area contributed by atoms with E-state index in [-0.39, 0.29) is 10.6 Å². The summed E-state index contributed by atoms with van der Waals surface area (Å²) >= 11 is 5.24. The number of phenols is 1. The maximum absolute atomic E-state index is 9.93. The number of rotatable bonds is 4. The van der Waals surface area contributed by atoms with Crippen molar-refractivity contribution in [2.45, 2.75) is 6.67 Å². The van der Waals surface area contributed by atoms with E-state index in [9.17, 15) is 5.11 Å². The molecule has 3 aromatic carbocycles. The summed E-state index contributed by atoms with van der Waals surface area (Å²) in [6.45, 7) is 0.365. The van der Waals surface area contributed by atoms with Crippen LogP contribution in [0.1, 0.15) is 0 Å². The molecule has 0 spiro atoms. The summed E-state index contributed by atoms with van der Waals surface area (Å²) in [4.78, 5) is 0.242. The fourth-order valence-electron chi connectivity index (χ4n) is 2.71. The van der Waals surface area contributed by atoms with Crippen LogP contribution in [-0.2, 0) is 6.67 Å². The average Bonchev–Trinajstić information content (AvgIpc) is 3.01. The maximum Gasteiger partial charge on any atom is 0.289 e. The number of anilines is 1. The molecule has 0 unspecified atom stereocenters. The number of hydrogen-bond acceptors (Lipinski definition) is 5. The van der Waals surface area contributed by atoms with E-state index >= 15 is 0 Å². The van der Waals surface area contributed by atoms with Gasteiger partial charge < -0.3 is 14.8 Å². The first-order chi connectivity index (χ1) is 12.2. The van der Waals surface area contributed by atoms with Crippen molar-refractivity contribution in [3.8, 4) is 17.2 Å². The van der Waals surface area contributed by atoms with Gasteiger partial charge >= 0.3 is 0 Å². The summed E-state index contributed by atoms with van der Waals surface area (Å²) in [5, 5.41) is 19.9. The van der Waals surface area contributed by atoms with Crippen LogP contribution in [0.25, 0.3) is 22.2 Å². The second-order valence-corrected chi connectivity index (χ2v) is 5.90. The maximum atomic E-state index is 9.93. The molecule has 4 rings (SSSR count). The molecule has 5 nitrogen and oxygen atoms in total. The normalized spacial score (nSPS) is 10.9. The molecule has 0 radical (unpaired) electrons. The van der Waals surface area contributed by atoms with E-state index in [0.29, 0.717) is 18.1 Å². The Balaban J connectivity index is 1.62. The van der Waals surface area contributed by atoms with Gasteiger partial charge in [0.25, 0.3) is 10.7 Å². The lowest BCUT2D eigenvalue weighted by molar-refractivity contribution is 0.471. The fourth-order valence-corrected chi connectivity index (χ4v) is 2.89. The Bertz CT molecular complexity index is 1100. The van der Waals surface area contributed by atoms with Crippen molar-refractivity contribution in [2.75, 3.05) is 5.32 Å². The minimum atomic E-state index is 0.105. The molecule has 4 aromatic rings. The Hall–Kier alpha value is -3.12. The molecule has 0 fully saturated rings. The van der Waals surface area contributed by atoms with Crippen molar-refractivity contribution >= 4 is 28.7 Å². The fraction of sp³-hybridized carbons (Fsp3) is 0.0526. The minimum Gasteiger partial charge on any atom is -0.507 e. The van der Waals surface area contributed by atoms with Gasteiger partial charge in [0.1, 0.15) is 12.4 Å². The van der Waals surface area contributed by atoms with E-state index in [2.05, 4.69) is 28.6 Å². The monoisotopic (exact) mass is 349 g/mol. The molecule has 0 saturated carbocycles. The van der Waals surface area contributed by atoms with E-state index in [1.165, 1.54) is 0 Å². The average molecular weight is 349 g/mol. The first kappa shape index (κ1) is 15.4. The standard InChI is InChI=1S/C19H15N3O2S/c23-17-11-4-3-9-15(17)18-21-22(19(25)24-18)12-20-16-10-5-7-13-6-1-2-8-14(13)16/h1-11,20,23H,12H2. The first-order valence-corrected chi connectivity index (χ1v) is 8.21. The third-order valence-corrected chi connectivity index (χ3v) is 4.24. The molecule has 124 valence electrons. The highest BCUT2D eigenvalue weighted by atomic mass is 32.1. The lowest BCUT2D eigenvalue weighted by atomic mass is 10.1. The van der Waals surface area contributed by atoms with Gasteiger partial charge in [0, 0.05) is 11.1 Å². The Morgan fingerprint density at radius 3 is 2.64 bits per heavy atom. The van der Waals surface area contributed by atoms with Gasteiger partial charge in [-0.2, -0.15) is 0 Å². The number of aromatic hydroxyl groups is 1. The number of nitrogens with one attached hydrogen (secondary N) is 1. The van der Waals surface area contributed by atoms with Crippen LogP contribution >= 0.6 is 12.2 Å². The number of para-hydroxylation sites is 1. The highest BCUT2D eigenvalue weighted by Crippen LogP contribution is 2.27. The van der Waals surface area contributed by atoms with E-state index in [4.69, 9.17) is 16.6 Å². The van der Waals surface area contributed by atoms with E-state index in [0.717, 1.165) is 16.5 Å². The highest BCUT2D eigenvalue weighted by molar-refractivity contribution is 7.71. The third kappa shape index (κ3) is 2.99. The number of phenolic OH excluding ortho intramolecular Hbond substituents is 1. The molecule has 0 bridgehead atoms. The van der Waals surface area contributed by atoms with Crippen LogP contribution in [0.2, 0.25) is 0 Å².